The quantitative estimate of drug-likeness (QED) is 0.620. The lowest BCUT2D eigenvalue weighted by Gasteiger charge is -2.11. The first-order valence-corrected chi connectivity index (χ1v) is 7.94. The molecule has 20 heavy (non-hydrogen) atoms. The maximum atomic E-state index is 10.6. The Kier molecular flexibility index (Phi) is 5.28. The summed E-state index contributed by atoms with van der Waals surface area (Å²) in [5.74, 6) is 0. The molecule has 0 bridgehead atoms. The number of hydrogen-bond donors (Lipinski definition) is 1. The van der Waals surface area contributed by atoms with Crippen molar-refractivity contribution in [2.45, 2.75) is 19.4 Å². The van der Waals surface area contributed by atoms with Crippen molar-refractivity contribution in [1.82, 2.24) is 5.32 Å². The van der Waals surface area contributed by atoms with E-state index in [4.69, 9.17) is 0 Å². The molecule has 0 saturated heterocycles. The van der Waals surface area contributed by atoms with E-state index in [-0.39, 0.29) is 10.6 Å². The molecule has 0 saturated carbocycles. The van der Waals surface area contributed by atoms with Crippen molar-refractivity contribution in [3.05, 3.63) is 60.7 Å². The lowest BCUT2D eigenvalue weighted by molar-refractivity contribution is -0.384. The van der Waals surface area contributed by atoms with Crippen LogP contribution in [0.4, 0.5) is 5.69 Å². The van der Waals surface area contributed by atoms with E-state index in [1.165, 1.54) is 4.88 Å². The predicted octanol–water partition coefficient (Wildman–Crippen LogP) is 4.31. The fourth-order valence-corrected chi connectivity index (χ4v) is 3.35. The molecule has 2 aromatic rings. The molecule has 0 aliphatic carbocycles. The molecule has 6 heteroatoms. The summed E-state index contributed by atoms with van der Waals surface area (Å²) in [7, 11) is 0. The molecule has 0 aliphatic rings. The Hall–Kier alpha value is -1.24. The normalized spacial score (nSPS) is 12.3. The fraction of sp³-hybridized carbons (Fsp3) is 0.286. The van der Waals surface area contributed by atoms with Crippen LogP contribution in [0.15, 0.2) is 40.2 Å². The van der Waals surface area contributed by atoms with E-state index in [0.717, 1.165) is 23.0 Å². The zero-order chi connectivity index (χ0) is 14.5. The number of nitrogens with one attached hydrogen (secondary N) is 1. The molecule has 0 aliphatic heterocycles. The number of non-ortho nitro benzene ring substituents is 1. The molecule has 1 aromatic heterocycles. The van der Waals surface area contributed by atoms with Gasteiger partial charge in [-0.05, 0) is 47.4 Å². The monoisotopic (exact) mass is 354 g/mol. The summed E-state index contributed by atoms with van der Waals surface area (Å²) in [5.41, 5.74) is 1.24. The summed E-state index contributed by atoms with van der Waals surface area (Å²) < 4.78 is 1.11. The molecule has 1 heterocycles. The van der Waals surface area contributed by atoms with Gasteiger partial charge in [0, 0.05) is 32.9 Å². The first-order valence-electron chi connectivity index (χ1n) is 6.27. The molecule has 106 valence electrons. The molecule has 0 spiro atoms. The summed E-state index contributed by atoms with van der Waals surface area (Å²) in [5, 5.41) is 16.1. The Morgan fingerprint density at radius 2 is 2.10 bits per heavy atom. The average Bonchev–Trinajstić information content (AvgIpc) is 2.86. The molecule has 0 fully saturated rings. The number of halogens is 1. The standard InChI is InChI=1S/C14H15BrN2O2S/c1-10(14-8-12(15)9-20-14)16-7-6-11-2-4-13(5-3-11)17(18)19/h2-5,8-10,16H,6-7H2,1H3. The molecule has 1 aromatic carbocycles. The number of nitro benzene ring substituents is 1. The van der Waals surface area contributed by atoms with E-state index in [9.17, 15) is 10.1 Å². The predicted molar refractivity (Wildman–Crippen MR) is 85.2 cm³/mol. The maximum absolute atomic E-state index is 10.6. The highest BCUT2D eigenvalue weighted by atomic mass is 79.9. The van der Waals surface area contributed by atoms with Gasteiger partial charge in [0.15, 0.2) is 0 Å². The van der Waals surface area contributed by atoms with E-state index >= 15 is 0 Å². The third-order valence-corrected chi connectivity index (χ3v) is 4.90. The van der Waals surface area contributed by atoms with Gasteiger partial charge in [0.1, 0.15) is 0 Å². The Bertz CT molecular complexity index is 583. The third-order valence-electron chi connectivity index (χ3n) is 3.03. The van der Waals surface area contributed by atoms with Crippen LogP contribution in [-0.2, 0) is 6.42 Å². The van der Waals surface area contributed by atoms with Gasteiger partial charge in [-0.25, -0.2) is 0 Å². The van der Waals surface area contributed by atoms with Gasteiger partial charge < -0.3 is 5.32 Å². The minimum atomic E-state index is -0.376. The Labute approximate surface area is 130 Å². The number of hydrogen-bond acceptors (Lipinski definition) is 4. The minimum Gasteiger partial charge on any atom is -0.309 e. The van der Waals surface area contributed by atoms with Crippen LogP contribution >= 0.6 is 27.3 Å². The van der Waals surface area contributed by atoms with E-state index < -0.39 is 0 Å². The van der Waals surface area contributed by atoms with E-state index in [1.54, 1.807) is 23.5 Å². The molecule has 2 rings (SSSR count). The van der Waals surface area contributed by atoms with Crippen molar-refractivity contribution in [1.29, 1.82) is 0 Å². The van der Waals surface area contributed by atoms with Gasteiger partial charge in [-0.1, -0.05) is 12.1 Å². The van der Waals surface area contributed by atoms with Crippen LogP contribution in [-0.4, -0.2) is 11.5 Å². The Balaban J connectivity index is 1.82. The summed E-state index contributed by atoms with van der Waals surface area (Å²) >= 11 is 5.18. The summed E-state index contributed by atoms with van der Waals surface area (Å²) in [4.78, 5) is 11.5. The maximum Gasteiger partial charge on any atom is 0.269 e. The van der Waals surface area contributed by atoms with Gasteiger partial charge in [-0.2, -0.15) is 0 Å². The van der Waals surface area contributed by atoms with Crippen LogP contribution in [0, 0.1) is 10.1 Å². The van der Waals surface area contributed by atoms with Crippen molar-refractivity contribution in [3.8, 4) is 0 Å². The fourth-order valence-electron chi connectivity index (χ4n) is 1.87. The van der Waals surface area contributed by atoms with Crippen LogP contribution in [0.1, 0.15) is 23.4 Å². The Morgan fingerprint density at radius 3 is 2.65 bits per heavy atom. The first kappa shape index (κ1) is 15.2. The topological polar surface area (TPSA) is 55.2 Å². The SMILES string of the molecule is CC(NCCc1ccc([N+](=O)[O-])cc1)c1cc(Br)cs1. The van der Waals surface area contributed by atoms with Gasteiger partial charge in [-0.3, -0.25) is 10.1 Å². The van der Waals surface area contributed by atoms with Crippen LogP contribution in [0.25, 0.3) is 0 Å². The lowest BCUT2D eigenvalue weighted by Crippen LogP contribution is -2.20. The van der Waals surface area contributed by atoms with E-state index in [2.05, 4.69) is 39.6 Å². The number of benzene rings is 1. The largest absolute Gasteiger partial charge is 0.309 e. The number of nitro groups is 1. The highest BCUT2D eigenvalue weighted by Crippen LogP contribution is 2.25. The molecule has 1 atom stereocenters. The smallest absolute Gasteiger partial charge is 0.269 e. The van der Waals surface area contributed by atoms with Gasteiger partial charge >= 0.3 is 0 Å². The molecule has 0 amide bonds. The molecule has 1 N–H and O–H groups in total. The highest BCUT2D eigenvalue weighted by molar-refractivity contribution is 9.10. The molecule has 0 radical (unpaired) electrons. The molecule has 4 nitrogen and oxygen atoms in total. The van der Waals surface area contributed by atoms with Crippen molar-refractivity contribution in [2.24, 2.45) is 0 Å². The van der Waals surface area contributed by atoms with Gasteiger partial charge in [0.2, 0.25) is 0 Å². The second-order valence-electron chi connectivity index (χ2n) is 4.52. The van der Waals surface area contributed by atoms with Crippen molar-refractivity contribution < 1.29 is 4.92 Å². The van der Waals surface area contributed by atoms with Gasteiger partial charge in [-0.15, -0.1) is 11.3 Å². The van der Waals surface area contributed by atoms with E-state index in [1.807, 2.05) is 12.1 Å². The number of thiophene rings is 1. The molecular weight excluding hydrogens is 340 g/mol. The molecule has 1 unspecified atom stereocenters. The third kappa shape index (κ3) is 4.13. The number of rotatable bonds is 6. The summed E-state index contributed by atoms with van der Waals surface area (Å²) in [6.07, 6.45) is 0.856. The summed E-state index contributed by atoms with van der Waals surface area (Å²) in [6.45, 7) is 2.97. The molecular formula is C14H15BrN2O2S. The van der Waals surface area contributed by atoms with Crippen LogP contribution in [0.3, 0.4) is 0 Å². The Morgan fingerprint density at radius 1 is 1.40 bits per heavy atom. The number of nitrogens with zero attached hydrogens (tertiary/aromatic N) is 1. The first-order chi connectivity index (χ1) is 9.56. The zero-order valence-corrected chi connectivity index (χ0v) is 13.4. The van der Waals surface area contributed by atoms with Crippen LogP contribution in [0.2, 0.25) is 0 Å². The minimum absolute atomic E-state index is 0.138. The van der Waals surface area contributed by atoms with E-state index in [0.29, 0.717) is 6.04 Å². The van der Waals surface area contributed by atoms with Gasteiger partial charge in [0.25, 0.3) is 5.69 Å². The van der Waals surface area contributed by atoms with Crippen LogP contribution in [0.5, 0.6) is 0 Å². The van der Waals surface area contributed by atoms with Crippen molar-refractivity contribution in [3.63, 3.8) is 0 Å². The second kappa shape index (κ2) is 6.97. The van der Waals surface area contributed by atoms with Crippen LogP contribution < -0.4 is 5.32 Å². The second-order valence-corrected chi connectivity index (χ2v) is 6.38. The van der Waals surface area contributed by atoms with Crippen molar-refractivity contribution in [2.75, 3.05) is 6.54 Å². The highest BCUT2D eigenvalue weighted by Gasteiger charge is 2.08. The summed E-state index contributed by atoms with van der Waals surface area (Å²) in [6, 6.07) is 9.15. The zero-order valence-electron chi connectivity index (χ0n) is 11.0. The average molecular weight is 355 g/mol. The van der Waals surface area contributed by atoms with Crippen molar-refractivity contribution >= 4 is 33.0 Å². The lowest BCUT2D eigenvalue weighted by atomic mass is 10.1. The van der Waals surface area contributed by atoms with Gasteiger partial charge in [0.05, 0.1) is 4.92 Å².